The summed E-state index contributed by atoms with van der Waals surface area (Å²) in [5.41, 5.74) is 2.67. The van der Waals surface area contributed by atoms with E-state index in [1.54, 1.807) is 6.20 Å². The van der Waals surface area contributed by atoms with Gasteiger partial charge in [-0.25, -0.2) is 4.98 Å². The Morgan fingerprint density at radius 1 is 1.09 bits per heavy atom. The fourth-order valence-corrected chi connectivity index (χ4v) is 3.34. The molecule has 0 amide bonds. The first-order valence-electron chi connectivity index (χ1n) is 10.5. The second kappa shape index (κ2) is 11.9. The van der Waals surface area contributed by atoms with Crippen molar-refractivity contribution in [1.82, 2.24) is 14.9 Å². The lowest BCUT2D eigenvalue weighted by atomic mass is 10.2. The highest BCUT2D eigenvalue weighted by Gasteiger charge is 2.11. The first-order valence-corrected chi connectivity index (χ1v) is 11.7. The minimum atomic E-state index is 0.460. The molecule has 3 rings (SSSR count). The van der Waals surface area contributed by atoms with Crippen LogP contribution in [0.25, 0.3) is 0 Å². The van der Waals surface area contributed by atoms with Gasteiger partial charge in [0.2, 0.25) is 5.95 Å². The van der Waals surface area contributed by atoms with E-state index in [1.165, 1.54) is 0 Å². The largest absolute Gasteiger partial charge is 0.491 e. The third-order valence-electron chi connectivity index (χ3n) is 4.48. The van der Waals surface area contributed by atoms with Crippen molar-refractivity contribution < 1.29 is 4.74 Å². The molecule has 0 atom stereocenters. The summed E-state index contributed by atoms with van der Waals surface area (Å²) in [5.74, 6) is 1.85. The second-order valence-electron chi connectivity index (χ2n) is 7.45. The fraction of sp³-hybridized carbons (Fsp3) is 0.304. The van der Waals surface area contributed by atoms with Crippen LogP contribution in [0.5, 0.6) is 5.75 Å². The summed E-state index contributed by atoms with van der Waals surface area (Å²) >= 11 is 8.01. The van der Waals surface area contributed by atoms with Crippen molar-refractivity contribution in [3.05, 3.63) is 53.1 Å². The molecule has 32 heavy (non-hydrogen) atoms. The maximum atomic E-state index is 5.99. The summed E-state index contributed by atoms with van der Waals surface area (Å²) in [4.78, 5) is 12.0. The Bertz CT molecular complexity index is 1030. The van der Waals surface area contributed by atoms with Crippen molar-refractivity contribution in [2.75, 3.05) is 49.7 Å². The van der Waals surface area contributed by atoms with Crippen LogP contribution in [-0.4, -0.2) is 48.7 Å². The van der Waals surface area contributed by atoms with Crippen LogP contribution >= 0.6 is 28.6 Å². The number of hydrogen-bond acceptors (Lipinski definition) is 8. The number of hydrogen-bond donors (Lipinski definition) is 4. The zero-order valence-corrected chi connectivity index (χ0v) is 21.0. The molecule has 2 aromatic carbocycles. The van der Waals surface area contributed by atoms with Crippen molar-refractivity contribution >= 4 is 57.4 Å². The zero-order chi connectivity index (χ0) is 22.9. The molecule has 0 radical (unpaired) electrons. The van der Waals surface area contributed by atoms with Crippen molar-refractivity contribution in [3.8, 4) is 5.75 Å². The Morgan fingerprint density at radius 3 is 2.66 bits per heavy atom. The molecule has 0 fully saturated rings. The number of thiol groups is 1. The summed E-state index contributed by atoms with van der Waals surface area (Å²) in [6.45, 7) is 4.51. The molecule has 1 aromatic heterocycles. The molecular weight excluding hydrogens is 488 g/mol. The summed E-state index contributed by atoms with van der Waals surface area (Å²) in [6, 6.07) is 13.8. The molecule has 3 N–H and O–H groups in total. The van der Waals surface area contributed by atoms with Gasteiger partial charge in [-0.15, -0.1) is 12.6 Å². The van der Waals surface area contributed by atoms with Gasteiger partial charge in [-0.05, 0) is 60.7 Å². The minimum absolute atomic E-state index is 0.460. The van der Waals surface area contributed by atoms with Crippen LogP contribution in [0.4, 0.5) is 28.8 Å². The van der Waals surface area contributed by atoms with Gasteiger partial charge in [-0.2, -0.15) is 4.98 Å². The number of para-hydroxylation sites is 1. The van der Waals surface area contributed by atoms with E-state index in [4.69, 9.17) is 4.74 Å². The van der Waals surface area contributed by atoms with Crippen molar-refractivity contribution in [2.45, 2.75) is 18.2 Å². The van der Waals surface area contributed by atoms with Crippen LogP contribution in [0.3, 0.4) is 0 Å². The standard InChI is InChI=1S/C23H29BrN6OS/c1-4-13-31-20-14-16(25-11-12-30(2)3)9-10-18(20)28-23-26-15-17(24)22(29-23)27-19-7-5-6-8-21(19)32/h5-10,14-15,25,32H,4,11-13H2,1-3H3,(H2,26,27,28,29). The number of aromatic nitrogens is 2. The Morgan fingerprint density at radius 2 is 1.91 bits per heavy atom. The highest BCUT2D eigenvalue weighted by Crippen LogP contribution is 2.32. The fourth-order valence-electron chi connectivity index (χ4n) is 2.83. The lowest BCUT2D eigenvalue weighted by molar-refractivity contribution is 0.319. The number of ether oxygens (including phenoxy) is 1. The normalized spacial score (nSPS) is 10.8. The van der Waals surface area contributed by atoms with Gasteiger partial charge < -0.3 is 25.6 Å². The van der Waals surface area contributed by atoms with Gasteiger partial charge in [0.15, 0.2) is 0 Å². The average molecular weight is 517 g/mol. The highest BCUT2D eigenvalue weighted by molar-refractivity contribution is 9.10. The lowest BCUT2D eigenvalue weighted by Crippen LogP contribution is -2.20. The number of nitrogens with zero attached hydrogens (tertiary/aromatic N) is 3. The lowest BCUT2D eigenvalue weighted by Gasteiger charge is -2.16. The van der Waals surface area contributed by atoms with E-state index in [2.05, 4.69) is 80.4 Å². The highest BCUT2D eigenvalue weighted by atomic mass is 79.9. The molecule has 0 saturated carbocycles. The molecule has 7 nitrogen and oxygen atoms in total. The van der Waals surface area contributed by atoms with Gasteiger partial charge in [0.05, 0.1) is 22.5 Å². The van der Waals surface area contributed by atoms with Gasteiger partial charge in [0.25, 0.3) is 0 Å². The van der Waals surface area contributed by atoms with Gasteiger partial charge >= 0.3 is 0 Å². The Balaban J connectivity index is 1.79. The van der Waals surface area contributed by atoms with Gasteiger partial charge in [-0.1, -0.05) is 19.1 Å². The van der Waals surface area contributed by atoms with E-state index in [-0.39, 0.29) is 0 Å². The van der Waals surface area contributed by atoms with E-state index in [1.807, 2.05) is 42.5 Å². The van der Waals surface area contributed by atoms with E-state index >= 15 is 0 Å². The number of rotatable bonds is 11. The van der Waals surface area contributed by atoms with Crippen LogP contribution in [-0.2, 0) is 0 Å². The molecule has 1 heterocycles. The first kappa shape index (κ1) is 24.2. The van der Waals surface area contributed by atoms with E-state index < -0.39 is 0 Å². The monoisotopic (exact) mass is 516 g/mol. The second-order valence-corrected chi connectivity index (χ2v) is 8.78. The number of anilines is 5. The molecule has 0 aliphatic heterocycles. The zero-order valence-electron chi connectivity index (χ0n) is 18.5. The summed E-state index contributed by atoms with van der Waals surface area (Å²) in [7, 11) is 4.11. The van der Waals surface area contributed by atoms with Crippen LogP contribution in [0.1, 0.15) is 13.3 Å². The predicted octanol–water partition coefficient (Wildman–Crippen LogP) is 5.78. The number of benzene rings is 2. The molecule has 9 heteroatoms. The summed E-state index contributed by atoms with van der Waals surface area (Å²) in [5, 5.41) is 10.0. The number of likely N-dealkylation sites (N-methyl/N-ethyl adjacent to an activating group) is 1. The number of halogens is 1. The molecule has 170 valence electrons. The quantitative estimate of drug-likeness (QED) is 0.241. The van der Waals surface area contributed by atoms with E-state index in [9.17, 15) is 0 Å². The van der Waals surface area contributed by atoms with Crippen LogP contribution in [0, 0.1) is 0 Å². The minimum Gasteiger partial charge on any atom is -0.491 e. The topological polar surface area (TPSA) is 74.3 Å². The number of nitrogens with one attached hydrogen (secondary N) is 3. The van der Waals surface area contributed by atoms with Crippen molar-refractivity contribution in [2.24, 2.45) is 0 Å². The Labute approximate surface area is 203 Å². The first-order chi connectivity index (χ1) is 15.5. The Hall–Kier alpha value is -2.49. The Kier molecular flexibility index (Phi) is 9.01. The molecule has 0 aliphatic rings. The molecular formula is C23H29BrN6OS. The van der Waals surface area contributed by atoms with Gasteiger partial charge in [-0.3, -0.25) is 0 Å². The van der Waals surface area contributed by atoms with Gasteiger partial charge in [0.1, 0.15) is 11.6 Å². The van der Waals surface area contributed by atoms with Crippen molar-refractivity contribution in [3.63, 3.8) is 0 Å². The summed E-state index contributed by atoms with van der Waals surface area (Å²) in [6.07, 6.45) is 2.63. The summed E-state index contributed by atoms with van der Waals surface area (Å²) < 4.78 is 6.74. The SMILES string of the molecule is CCCOc1cc(NCCN(C)C)ccc1Nc1ncc(Br)c(Nc2ccccc2S)n1. The predicted molar refractivity (Wildman–Crippen MR) is 139 cm³/mol. The molecule has 0 saturated heterocycles. The van der Waals surface area contributed by atoms with Crippen molar-refractivity contribution in [1.29, 1.82) is 0 Å². The average Bonchev–Trinajstić information content (AvgIpc) is 2.77. The maximum absolute atomic E-state index is 5.99. The van der Waals surface area contributed by atoms with E-state index in [0.717, 1.165) is 51.7 Å². The molecule has 0 unspecified atom stereocenters. The molecule has 0 aliphatic carbocycles. The smallest absolute Gasteiger partial charge is 0.229 e. The third-order valence-corrected chi connectivity index (χ3v) is 5.45. The molecule has 0 bridgehead atoms. The maximum Gasteiger partial charge on any atom is 0.229 e. The van der Waals surface area contributed by atoms with Crippen LogP contribution in [0.15, 0.2) is 58.0 Å². The van der Waals surface area contributed by atoms with Gasteiger partial charge in [0, 0.05) is 35.9 Å². The van der Waals surface area contributed by atoms with Crippen LogP contribution < -0.4 is 20.7 Å². The van der Waals surface area contributed by atoms with Crippen LogP contribution in [0.2, 0.25) is 0 Å². The molecule has 3 aromatic rings. The molecule has 0 spiro atoms. The third kappa shape index (κ3) is 7.01. The van der Waals surface area contributed by atoms with E-state index in [0.29, 0.717) is 18.4 Å².